The van der Waals surface area contributed by atoms with E-state index in [9.17, 15) is 4.79 Å². The SMILES string of the molecule is CN(CCC(N)=S)C(=O)CCOCc1ccc(Br)cc1. The zero-order valence-corrected chi connectivity index (χ0v) is 13.9. The summed E-state index contributed by atoms with van der Waals surface area (Å²) in [7, 11) is 1.75. The second-order valence-electron chi connectivity index (χ2n) is 4.46. The molecule has 0 aromatic heterocycles. The van der Waals surface area contributed by atoms with Gasteiger partial charge in [-0.25, -0.2) is 0 Å². The van der Waals surface area contributed by atoms with Crippen LogP contribution in [0.5, 0.6) is 0 Å². The fraction of sp³-hybridized carbons (Fsp3) is 0.429. The van der Waals surface area contributed by atoms with Crippen LogP contribution in [0.1, 0.15) is 18.4 Å². The Morgan fingerprint density at radius 3 is 2.60 bits per heavy atom. The molecule has 110 valence electrons. The summed E-state index contributed by atoms with van der Waals surface area (Å²) in [6.07, 6.45) is 0.918. The summed E-state index contributed by atoms with van der Waals surface area (Å²) < 4.78 is 6.53. The summed E-state index contributed by atoms with van der Waals surface area (Å²) in [6, 6.07) is 7.90. The highest BCUT2D eigenvalue weighted by atomic mass is 79.9. The highest BCUT2D eigenvalue weighted by molar-refractivity contribution is 9.10. The number of hydrogen-bond donors (Lipinski definition) is 1. The van der Waals surface area contributed by atoms with Crippen LogP contribution < -0.4 is 5.73 Å². The second-order valence-corrected chi connectivity index (χ2v) is 5.90. The van der Waals surface area contributed by atoms with Crippen molar-refractivity contribution in [1.82, 2.24) is 4.90 Å². The smallest absolute Gasteiger partial charge is 0.224 e. The largest absolute Gasteiger partial charge is 0.393 e. The third kappa shape index (κ3) is 6.98. The zero-order valence-electron chi connectivity index (χ0n) is 11.5. The van der Waals surface area contributed by atoms with Crippen molar-refractivity contribution in [3.63, 3.8) is 0 Å². The molecule has 0 aliphatic heterocycles. The first-order valence-electron chi connectivity index (χ1n) is 6.33. The van der Waals surface area contributed by atoms with E-state index in [4.69, 9.17) is 22.7 Å². The van der Waals surface area contributed by atoms with Gasteiger partial charge in [0.15, 0.2) is 0 Å². The summed E-state index contributed by atoms with van der Waals surface area (Å²) in [5, 5.41) is 0. The summed E-state index contributed by atoms with van der Waals surface area (Å²) in [4.78, 5) is 13.8. The van der Waals surface area contributed by atoms with E-state index >= 15 is 0 Å². The van der Waals surface area contributed by atoms with Crippen molar-refractivity contribution in [1.29, 1.82) is 0 Å². The Kier molecular flexibility index (Phi) is 7.72. The summed E-state index contributed by atoms with van der Waals surface area (Å²) in [6.45, 7) is 1.48. The molecule has 0 unspecified atom stereocenters. The van der Waals surface area contributed by atoms with E-state index < -0.39 is 0 Å². The minimum Gasteiger partial charge on any atom is -0.393 e. The maximum atomic E-state index is 11.8. The van der Waals surface area contributed by atoms with Crippen LogP contribution in [-0.4, -0.2) is 36.0 Å². The van der Waals surface area contributed by atoms with Gasteiger partial charge in [0.1, 0.15) is 0 Å². The van der Waals surface area contributed by atoms with Gasteiger partial charge in [-0.05, 0) is 17.7 Å². The summed E-state index contributed by atoms with van der Waals surface area (Å²) in [5.41, 5.74) is 6.49. The van der Waals surface area contributed by atoms with E-state index in [1.54, 1.807) is 11.9 Å². The molecule has 0 aliphatic rings. The van der Waals surface area contributed by atoms with E-state index in [1.807, 2.05) is 24.3 Å². The van der Waals surface area contributed by atoms with Crippen molar-refractivity contribution in [2.75, 3.05) is 20.2 Å². The molecule has 1 amide bonds. The Morgan fingerprint density at radius 2 is 2.00 bits per heavy atom. The van der Waals surface area contributed by atoms with Crippen LogP contribution in [0, 0.1) is 0 Å². The van der Waals surface area contributed by atoms with Crippen molar-refractivity contribution in [2.45, 2.75) is 19.4 Å². The number of rotatable bonds is 8. The quantitative estimate of drug-likeness (QED) is 0.572. The van der Waals surface area contributed by atoms with Crippen molar-refractivity contribution in [2.24, 2.45) is 5.73 Å². The zero-order chi connectivity index (χ0) is 15.0. The Balaban J connectivity index is 2.18. The summed E-state index contributed by atoms with van der Waals surface area (Å²) >= 11 is 8.16. The molecule has 4 nitrogen and oxygen atoms in total. The molecule has 0 atom stereocenters. The van der Waals surface area contributed by atoms with Gasteiger partial charge in [0.2, 0.25) is 5.91 Å². The van der Waals surface area contributed by atoms with Crippen molar-refractivity contribution < 1.29 is 9.53 Å². The molecule has 0 saturated carbocycles. The lowest BCUT2D eigenvalue weighted by molar-refractivity contribution is -0.131. The molecule has 1 aromatic rings. The molecule has 0 saturated heterocycles. The van der Waals surface area contributed by atoms with Crippen LogP contribution >= 0.6 is 28.1 Å². The van der Waals surface area contributed by atoms with Crippen molar-refractivity contribution in [3.8, 4) is 0 Å². The Labute approximate surface area is 133 Å². The molecule has 1 rings (SSSR count). The lowest BCUT2D eigenvalue weighted by Gasteiger charge is -2.16. The summed E-state index contributed by atoms with van der Waals surface area (Å²) in [5.74, 6) is 0.0389. The Hall–Kier alpha value is -0.980. The molecule has 0 fully saturated rings. The molecular weight excluding hydrogens is 340 g/mol. The van der Waals surface area contributed by atoms with Crippen molar-refractivity contribution >= 4 is 39.0 Å². The number of halogens is 1. The van der Waals surface area contributed by atoms with Crippen LogP contribution in [0.4, 0.5) is 0 Å². The van der Waals surface area contributed by atoms with Crippen LogP contribution in [0.2, 0.25) is 0 Å². The highest BCUT2D eigenvalue weighted by Gasteiger charge is 2.08. The third-order valence-corrected chi connectivity index (χ3v) is 3.49. The average Bonchev–Trinajstić information content (AvgIpc) is 2.42. The number of amides is 1. The molecule has 0 spiro atoms. The number of carbonyl (C=O) groups excluding carboxylic acids is 1. The van der Waals surface area contributed by atoms with Gasteiger partial charge in [-0.1, -0.05) is 40.3 Å². The molecule has 1 aromatic carbocycles. The molecule has 0 bridgehead atoms. The first kappa shape index (κ1) is 17.1. The first-order valence-corrected chi connectivity index (χ1v) is 7.53. The predicted molar refractivity (Wildman–Crippen MR) is 87.5 cm³/mol. The van der Waals surface area contributed by atoms with Crippen LogP contribution in [0.3, 0.4) is 0 Å². The third-order valence-electron chi connectivity index (χ3n) is 2.76. The Morgan fingerprint density at radius 1 is 1.35 bits per heavy atom. The van der Waals surface area contributed by atoms with Crippen LogP contribution in [0.15, 0.2) is 28.7 Å². The number of nitrogens with two attached hydrogens (primary N) is 1. The van der Waals surface area contributed by atoms with E-state index in [0.717, 1.165) is 10.0 Å². The standard InChI is InChI=1S/C14H19BrN2O2S/c1-17(8-6-13(16)20)14(18)7-9-19-10-11-2-4-12(15)5-3-11/h2-5H,6-10H2,1H3,(H2,16,20). The average molecular weight is 359 g/mol. The Bertz CT molecular complexity index is 451. The monoisotopic (exact) mass is 358 g/mol. The number of ether oxygens (including phenoxy) is 1. The number of thiocarbonyl (C=S) groups is 1. The number of hydrogen-bond acceptors (Lipinski definition) is 3. The van der Waals surface area contributed by atoms with Gasteiger partial charge in [-0.2, -0.15) is 0 Å². The van der Waals surface area contributed by atoms with Gasteiger partial charge in [-0.15, -0.1) is 0 Å². The van der Waals surface area contributed by atoms with Gasteiger partial charge in [0, 0.05) is 24.5 Å². The molecule has 6 heteroatoms. The fourth-order valence-corrected chi connectivity index (χ4v) is 1.88. The van der Waals surface area contributed by atoms with E-state index in [1.165, 1.54) is 0 Å². The molecule has 20 heavy (non-hydrogen) atoms. The van der Waals surface area contributed by atoms with Crippen molar-refractivity contribution in [3.05, 3.63) is 34.3 Å². The van der Waals surface area contributed by atoms with Gasteiger partial charge in [0.25, 0.3) is 0 Å². The van der Waals surface area contributed by atoms with E-state index in [0.29, 0.717) is 37.6 Å². The minimum atomic E-state index is 0.0389. The molecular formula is C14H19BrN2O2S. The second kappa shape index (κ2) is 9.05. The maximum absolute atomic E-state index is 11.8. The van der Waals surface area contributed by atoms with Crippen LogP contribution in [0.25, 0.3) is 0 Å². The molecule has 2 N–H and O–H groups in total. The molecule has 0 heterocycles. The van der Waals surface area contributed by atoms with Crippen LogP contribution in [-0.2, 0) is 16.1 Å². The fourth-order valence-electron chi connectivity index (χ4n) is 1.52. The number of benzene rings is 1. The number of carbonyl (C=O) groups is 1. The first-order chi connectivity index (χ1) is 9.49. The van der Waals surface area contributed by atoms with Gasteiger partial charge >= 0.3 is 0 Å². The normalized spacial score (nSPS) is 10.3. The van der Waals surface area contributed by atoms with E-state index in [2.05, 4.69) is 15.9 Å². The van der Waals surface area contributed by atoms with Gasteiger partial charge in [-0.3, -0.25) is 4.79 Å². The minimum absolute atomic E-state index is 0.0389. The number of nitrogens with zero attached hydrogens (tertiary/aromatic N) is 1. The molecule has 0 aliphatic carbocycles. The van der Waals surface area contributed by atoms with E-state index in [-0.39, 0.29) is 5.91 Å². The topological polar surface area (TPSA) is 55.6 Å². The maximum Gasteiger partial charge on any atom is 0.224 e. The molecule has 0 radical (unpaired) electrons. The lowest BCUT2D eigenvalue weighted by atomic mass is 10.2. The van der Waals surface area contributed by atoms with Gasteiger partial charge < -0.3 is 15.4 Å². The highest BCUT2D eigenvalue weighted by Crippen LogP contribution is 2.11. The van der Waals surface area contributed by atoms with Gasteiger partial charge in [0.05, 0.1) is 24.6 Å². The lowest BCUT2D eigenvalue weighted by Crippen LogP contribution is -2.30. The predicted octanol–water partition coefficient (Wildman–Crippen LogP) is 2.49.